The van der Waals surface area contributed by atoms with E-state index < -0.39 is 0 Å². The second-order valence-electron chi connectivity index (χ2n) is 8.70. The average molecular weight is 539 g/mol. The molecule has 0 aliphatic carbocycles. The first-order valence-electron chi connectivity index (χ1n) is 12.3. The molecule has 1 amide bonds. The van der Waals surface area contributed by atoms with Gasteiger partial charge in [0, 0.05) is 50.9 Å². The zero-order valence-corrected chi connectivity index (χ0v) is 23.3. The number of aliphatic hydroxyl groups is 1. The van der Waals surface area contributed by atoms with E-state index in [0.717, 1.165) is 61.6 Å². The first kappa shape index (κ1) is 31.8. The van der Waals surface area contributed by atoms with Crippen LogP contribution in [0.4, 0.5) is 5.69 Å². The molecule has 1 atom stereocenters. The molecular formula is C28H41Cl2N3O3. The van der Waals surface area contributed by atoms with Crippen LogP contribution in [-0.2, 0) is 6.42 Å². The van der Waals surface area contributed by atoms with Gasteiger partial charge in [-0.1, -0.05) is 30.3 Å². The van der Waals surface area contributed by atoms with Gasteiger partial charge in [0.2, 0.25) is 0 Å². The van der Waals surface area contributed by atoms with Crippen LogP contribution in [0.25, 0.3) is 0 Å². The standard InChI is InChI=1S/C28H39N3O3.2ClH/c1-5-9-25(21-32)30-16-18-31(19-17-30)27-24(10-8-11-26(27)34-4)20-22-12-14-23(15-13-22)28(33)29(6-2)7-3;;/h5,8,10-15,25,32H,1,6-7,9,16-21H2,2-4H3;2*1H. The smallest absolute Gasteiger partial charge is 0.253 e. The largest absolute Gasteiger partial charge is 0.495 e. The summed E-state index contributed by atoms with van der Waals surface area (Å²) >= 11 is 0. The fraction of sp³-hybridized carbons (Fsp3) is 0.464. The van der Waals surface area contributed by atoms with Crippen molar-refractivity contribution in [2.24, 2.45) is 0 Å². The minimum atomic E-state index is 0. The number of carbonyl (C=O) groups is 1. The molecule has 0 spiro atoms. The molecule has 1 unspecified atom stereocenters. The number of anilines is 1. The topological polar surface area (TPSA) is 56.2 Å². The van der Waals surface area contributed by atoms with Crippen molar-refractivity contribution >= 4 is 36.4 Å². The highest BCUT2D eigenvalue weighted by molar-refractivity contribution is 5.94. The van der Waals surface area contributed by atoms with Crippen LogP contribution in [0.2, 0.25) is 0 Å². The van der Waals surface area contributed by atoms with Gasteiger partial charge in [-0.2, -0.15) is 0 Å². The summed E-state index contributed by atoms with van der Waals surface area (Å²) in [7, 11) is 1.72. The third-order valence-corrected chi connectivity index (χ3v) is 6.74. The minimum Gasteiger partial charge on any atom is -0.495 e. The van der Waals surface area contributed by atoms with Crippen LogP contribution < -0.4 is 9.64 Å². The summed E-state index contributed by atoms with van der Waals surface area (Å²) in [5.41, 5.74) is 4.24. The summed E-state index contributed by atoms with van der Waals surface area (Å²) in [4.78, 5) is 19.2. The Morgan fingerprint density at radius 1 is 1.08 bits per heavy atom. The van der Waals surface area contributed by atoms with Gasteiger partial charge in [-0.25, -0.2) is 0 Å². The average Bonchev–Trinajstić information content (AvgIpc) is 2.88. The van der Waals surface area contributed by atoms with Gasteiger partial charge in [-0.3, -0.25) is 9.69 Å². The number of ether oxygens (including phenoxy) is 1. The summed E-state index contributed by atoms with van der Waals surface area (Å²) in [6.07, 6.45) is 3.44. The Morgan fingerprint density at radius 3 is 2.25 bits per heavy atom. The Kier molecular flexibility index (Phi) is 13.9. The van der Waals surface area contributed by atoms with Crippen LogP contribution in [0.5, 0.6) is 5.75 Å². The lowest BCUT2D eigenvalue weighted by molar-refractivity contribution is 0.0773. The Labute approximate surface area is 228 Å². The number of methoxy groups -OCH3 is 1. The maximum Gasteiger partial charge on any atom is 0.253 e. The van der Waals surface area contributed by atoms with Crippen molar-refractivity contribution in [2.75, 3.05) is 57.9 Å². The number of aliphatic hydroxyl groups excluding tert-OH is 1. The molecule has 0 radical (unpaired) electrons. The highest BCUT2D eigenvalue weighted by atomic mass is 35.5. The van der Waals surface area contributed by atoms with Crippen molar-refractivity contribution in [2.45, 2.75) is 32.7 Å². The molecule has 0 saturated carbocycles. The highest BCUT2D eigenvalue weighted by Crippen LogP contribution is 2.34. The van der Waals surface area contributed by atoms with E-state index in [0.29, 0.717) is 13.1 Å². The predicted octanol–water partition coefficient (Wildman–Crippen LogP) is 4.67. The number of rotatable bonds is 11. The van der Waals surface area contributed by atoms with Crippen molar-refractivity contribution in [3.05, 3.63) is 71.8 Å². The minimum absolute atomic E-state index is 0. The summed E-state index contributed by atoms with van der Waals surface area (Å²) < 4.78 is 5.75. The van der Waals surface area contributed by atoms with E-state index in [1.165, 1.54) is 5.56 Å². The third kappa shape index (κ3) is 7.62. The molecule has 6 nitrogen and oxygen atoms in total. The SMILES string of the molecule is C=CCC(CO)N1CCN(c2c(Cc3ccc(C(=O)N(CC)CC)cc3)cccc2OC)CC1.Cl.Cl. The molecule has 36 heavy (non-hydrogen) atoms. The van der Waals surface area contributed by atoms with Crippen LogP contribution in [-0.4, -0.2) is 79.8 Å². The fourth-order valence-corrected chi connectivity index (χ4v) is 4.75. The second kappa shape index (κ2) is 15.8. The second-order valence-corrected chi connectivity index (χ2v) is 8.70. The molecule has 1 aliphatic rings. The van der Waals surface area contributed by atoms with Gasteiger partial charge >= 0.3 is 0 Å². The van der Waals surface area contributed by atoms with Crippen molar-refractivity contribution in [1.29, 1.82) is 0 Å². The Morgan fingerprint density at radius 2 is 1.72 bits per heavy atom. The normalized spacial score (nSPS) is 14.3. The molecule has 1 saturated heterocycles. The fourth-order valence-electron chi connectivity index (χ4n) is 4.75. The van der Waals surface area contributed by atoms with E-state index in [-0.39, 0.29) is 43.4 Å². The van der Waals surface area contributed by atoms with Gasteiger partial charge in [-0.05, 0) is 56.0 Å². The molecule has 0 aromatic heterocycles. The predicted molar refractivity (Wildman–Crippen MR) is 153 cm³/mol. The van der Waals surface area contributed by atoms with E-state index in [4.69, 9.17) is 4.74 Å². The van der Waals surface area contributed by atoms with Gasteiger partial charge in [0.05, 0.1) is 19.4 Å². The van der Waals surface area contributed by atoms with Crippen LogP contribution in [0.1, 0.15) is 41.8 Å². The molecule has 0 bridgehead atoms. The number of para-hydroxylation sites is 1. The Balaban J connectivity index is 0.00000324. The summed E-state index contributed by atoms with van der Waals surface area (Å²) in [5, 5.41) is 9.75. The van der Waals surface area contributed by atoms with Gasteiger partial charge in [-0.15, -0.1) is 31.4 Å². The molecule has 2 aromatic carbocycles. The highest BCUT2D eigenvalue weighted by Gasteiger charge is 2.25. The van der Waals surface area contributed by atoms with E-state index in [1.54, 1.807) is 7.11 Å². The molecular weight excluding hydrogens is 497 g/mol. The van der Waals surface area contributed by atoms with Crippen LogP contribution >= 0.6 is 24.8 Å². The van der Waals surface area contributed by atoms with Crippen molar-refractivity contribution < 1.29 is 14.6 Å². The van der Waals surface area contributed by atoms with E-state index in [1.807, 2.05) is 49.1 Å². The number of nitrogens with zero attached hydrogens (tertiary/aromatic N) is 3. The van der Waals surface area contributed by atoms with E-state index in [9.17, 15) is 9.90 Å². The molecule has 1 aliphatic heterocycles. The molecule has 1 fully saturated rings. The first-order chi connectivity index (χ1) is 16.6. The molecule has 1 heterocycles. The maximum absolute atomic E-state index is 12.6. The van der Waals surface area contributed by atoms with E-state index in [2.05, 4.69) is 34.6 Å². The summed E-state index contributed by atoms with van der Waals surface area (Å²) in [6, 6.07) is 14.3. The molecule has 2 aromatic rings. The van der Waals surface area contributed by atoms with E-state index >= 15 is 0 Å². The van der Waals surface area contributed by atoms with Gasteiger partial charge in [0.25, 0.3) is 5.91 Å². The third-order valence-electron chi connectivity index (χ3n) is 6.74. The monoisotopic (exact) mass is 537 g/mol. The zero-order chi connectivity index (χ0) is 24.5. The number of hydrogen-bond acceptors (Lipinski definition) is 5. The molecule has 8 heteroatoms. The van der Waals surface area contributed by atoms with Crippen LogP contribution in [0.15, 0.2) is 55.1 Å². The van der Waals surface area contributed by atoms with Crippen molar-refractivity contribution in [1.82, 2.24) is 9.80 Å². The van der Waals surface area contributed by atoms with Gasteiger partial charge in [0.1, 0.15) is 5.75 Å². The van der Waals surface area contributed by atoms with Crippen LogP contribution in [0.3, 0.4) is 0 Å². The lowest BCUT2D eigenvalue weighted by atomic mass is 10.00. The van der Waals surface area contributed by atoms with Gasteiger partial charge < -0.3 is 19.6 Å². The molecule has 3 rings (SSSR count). The molecule has 200 valence electrons. The lowest BCUT2D eigenvalue weighted by Gasteiger charge is -2.40. The number of halogens is 2. The summed E-state index contributed by atoms with van der Waals surface area (Å²) in [6.45, 7) is 12.9. The van der Waals surface area contributed by atoms with Crippen molar-refractivity contribution in [3.63, 3.8) is 0 Å². The van der Waals surface area contributed by atoms with Crippen LogP contribution in [0, 0.1) is 0 Å². The number of carbonyl (C=O) groups excluding carboxylic acids is 1. The molecule has 1 N–H and O–H groups in total. The number of hydrogen-bond donors (Lipinski definition) is 1. The number of amides is 1. The Hall–Kier alpha value is -2.25. The Bertz CT molecular complexity index is 944. The first-order valence-corrected chi connectivity index (χ1v) is 12.3. The zero-order valence-electron chi connectivity index (χ0n) is 21.7. The number of benzene rings is 2. The quantitative estimate of drug-likeness (QED) is 0.422. The summed E-state index contributed by atoms with van der Waals surface area (Å²) in [5.74, 6) is 0.957. The maximum atomic E-state index is 12.6. The lowest BCUT2D eigenvalue weighted by Crippen LogP contribution is -2.51. The van der Waals surface area contributed by atoms with Gasteiger partial charge in [0.15, 0.2) is 0 Å². The van der Waals surface area contributed by atoms with Crippen molar-refractivity contribution in [3.8, 4) is 5.75 Å². The number of piperazine rings is 1.